The average Bonchev–Trinajstić information content (AvgIpc) is 2.47. The molecule has 0 aromatic heterocycles. The van der Waals surface area contributed by atoms with Crippen molar-refractivity contribution in [2.45, 2.75) is 13.5 Å². The van der Waals surface area contributed by atoms with Crippen LogP contribution < -0.4 is 10.6 Å². The van der Waals surface area contributed by atoms with Crippen LogP contribution in [0.15, 0.2) is 42.5 Å². The highest BCUT2D eigenvalue weighted by molar-refractivity contribution is 6.33. The second kappa shape index (κ2) is 6.44. The molecule has 2 rings (SSSR count). The summed E-state index contributed by atoms with van der Waals surface area (Å²) in [5, 5.41) is 6.46. The maximum Gasteiger partial charge on any atom is 0.251 e. The molecule has 0 heterocycles. The van der Waals surface area contributed by atoms with Gasteiger partial charge in [0, 0.05) is 19.2 Å². The van der Waals surface area contributed by atoms with E-state index in [1.165, 1.54) is 5.56 Å². The van der Waals surface area contributed by atoms with Crippen molar-refractivity contribution in [2.24, 2.45) is 0 Å². The lowest BCUT2D eigenvalue weighted by molar-refractivity contribution is 0.0963. The number of amides is 1. The zero-order valence-electron chi connectivity index (χ0n) is 11.5. The van der Waals surface area contributed by atoms with Crippen LogP contribution in [0.5, 0.6) is 0 Å². The van der Waals surface area contributed by atoms with Gasteiger partial charge in [-0.3, -0.25) is 4.79 Å². The van der Waals surface area contributed by atoms with Crippen LogP contribution >= 0.6 is 11.6 Å². The first-order chi connectivity index (χ1) is 9.60. The van der Waals surface area contributed by atoms with Gasteiger partial charge in [-0.05, 0) is 30.7 Å². The molecular weight excluding hydrogens is 272 g/mol. The Labute approximate surface area is 124 Å². The van der Waals surface area contributed by atoms with E-state index in [2.05, 4.69) is 41.8 Å². The highest BCUT2D eigenvalue weighted by Gasteiger charge is 2.07. The van der Waals surface area contributed by atoms with Crippen molar-refractivity contribution in [3.05, 3.63) is 64.2 Å². The van der Waals surface area contributed by atoms with Crippen LogP contribution in [0.25, 0.3) is 0 Å². The Morgan fingerprint density at radius 3 is 2.50 bits per heavy atom. The third kappa shape index (κ3) is 3.52. The maximum absolute atomic E-state index is 11.6. The number of rotatable bonds is 4. The summed E-state index contributed by atoms with van der Waals surface area (Å²) < 4.78 is 0. The third-order valence-electron chi connectivity index (χ3n) is 3.06. The minimum Gasteiger partial charge on any atom is -0.380 e. The molecule has 0 aliphatic rings. The molecule has 0 saturated heterocycles. The highest BCUT2D eigenvalue weighted by Crippen LogP contribution is 2.23. The molecule has 2 aromatic rings. The quantitative estimate of drug-likeness (QED) is 0.902. The molecule has 2 N–H and O–H groups in total. The molecule has 104 valence electrons. The largest absolute Gasteiger partial charge is 0.380 e. The predicted molar refractivity (Wildman–Crippen MR) is 83.3 cm³/mol. The van der Waals surface area contributed by atoms with Crippen molar-refractivity contribution in [3.8, 4) is 0 Å². The molecule has 0 radical (unpaired) electrons. The molecular formula is C16H17ClN2O. The first-order valence-electron chi connectivity index (χ1n) is 6.41. The summed E-state index contributed by atoms with van der Waals surface area (Å²) in [6.45, 7) is 2.72. The molecule has 0 fully saturated rings. The molecule has 4 heteroatoms. The van der Waals surface area contributed by atoms with Gasteiger partial charge in [-0.1, -0.05) is 41.4 Å². The maximum atomic E-state index is 11.6. The Balaban J connectivity index is 2.12. The molecule has 20 heavy (non-hydrogen) atoms. The van der Waals surface area contributed by atoms with Crippen LogP contribution in [0.2, 0.25) is 5.02 Å². The fourth-order valence-corrected chi connectivity index (χ4v) is 2.03. The Kier molecular flexibility index (Phi) is 4.64. The first-order valence-corrected chi connectivity index (χ1v) is 6.79. The Bertz CT molecular complexity index is 608. The van der Waals surface area contributed by atoms with Crippen LogP contribution in [0, 0.1) is 6.92 Å². The van der Waals surface area contributed by atoms with Gasteiger partial charge in [-0.25, -0.2) is 0 Å². The summed E-state index contributed by atoms with van der Waals surface area (Å²) >= 11 is 6.14. The van der Waals surface area contributed by atoms with E-state index in [9.17, 15) is 4.79 Å². The van der Waals surface area contributed by atoms with Crippen LogP contribution in [0.1, 0.15) is 21.5 Å². The number of halogens is 1. The SMILES string of the molecule is CNC(=O)c1ccc(Cl)c(NCc2ccc(C)cc2)c1. The Morgan fingerprint density at radius 1 is 1.15 bits per heavy atom. The zero-order valence-corrected chi connectivity index (χ0v) is 12.3. The minimum atomic E-state index is -0.125. The number of aryl methyl sites for hydroxylation is 1. The monoisotopic (exact) mass is 288 g/mol. The summed E-state index contributed by atoms with van der Waals surface area (Å²) in [4.78, 5) is 11.6. The van der Waals surface area contributed by atoms with E-state index >= 15 is 0 Å². The molecule has 3 nitrogen and oxygen atoms in total. The molecule has 2 aromatic carbocycles. The third-order valence-corrected chi connectivity index (χ3v) is 3.39. The summed E-state index contributed by atoms with van der Waals surface area (Å²) in [5.41, 5.74) is 3.74. The van der Waals surface area contributed by atoms with Crippen LogP contribution in [-0.2, 0) is 6.54 Å². The second-order valence-corrected chi connectivity index (χ2v) is 5.02. The van der Waals surface area contributed by atoms with Gasteiger partial charge in [0.2, 0.25) is 0 Å². The van der Waals surface area contributed by atoms with Crippen LogP contribution in [0.3, 0.4) is 0 Å². The molecule has 0 saturated carbocycles. The standard InChI is InChI=1S/C16H17ClN2O/c1-11-3-5-12(6-4-11)10-19-15-9-13(16(20)18-2)7-8-14(15)17/h3-9,19H,10H2,1-2H3,(H,18,20). The van der Waals surface area contributed by atoms with E-state index in [0.717, 1.165) is 11.3 Å². The number of hydrogen-bond donors (Lipinski definition) is 2. The summed E-state index contributed by atoms with van der Waals surface area (Å²) in [6.07, 6.45) is 0. The van der Waals surface area contributed by atoms with E-state index in [-0.39, 0.29) is 5.91 Å². The smallest absolute Gasteiger partial charge is 0.251 e. The fourth-order valence-electron chi connectivity index (χ4n) is 1.85. The molecule has 0 unspecified atom stereocenters. The lowest BCUT2D eigenvalue weighted by Crippen LogP contribution is -2.17. The normalized spacial score (nSPS) is 10.2. The summed E-state index contributed by atoms with van der Waals surface area (Å²) in [6, 6.07) is 13.5. The van der Waals surface area contributed by atoms with Crippen molar-refractivity contribution in [3.63, 3.8) is 0 Å². The van der Waals surface area contributed by atoms with Crippen molar-refractivity contribution in [2.75, 3.05) is 12.4 Å². The van der Waals surface area contributed by atoms with Gasteiger partial charge in [0.15, 0.2) is 0 Å². The average molecular weight is 289 g/mol. The van der Waals surface area contributed by atoms with E-state index in [1.54, 1.807) is 25.2 Å². The molecule has 0 aliphatic heterocycles. The van der Waals surface area contributed by atoms with E-state index in [1.807, 2.05) is 0 Å². The number of carbonyl (C=O) groups is 1. The summed E-state index contributed by atoms with van der Waals surface area (Å²) in [5.74, 6) is -0.125. The van der Waals surface area contributed by atoms with Gasteiger partial charge in [0.25, 0.3) is 5.91 Å². The van der Waals surface area contributed by atoms with Crippen molar-refractivity contribution >= 4 is 23.2 Å². The van der Waals surface area contributed by atoms with E-state index in [4.69, 9.17) is 11.6 Å². The number of hydrogen-bond acceptors (Lipinski definition) is 2. The van der Waals surface area contributed by atoms with Gasteiger partial charge in [-0.2, -0.15) is 0 Å². The van der Waals surface area contributed by atoms with Crippen molar-refractivity contribution in [1.82, 2.24) is 5.32 Å². The van der Waals surface area contributed by atoms with Gasteiger partial charge >= 0.3 is 0 Å². The van der Waals surface area contributed by atoms with Gasteiger partial charge in [0.1, 0.15) is 0 Å². The predicted octanol–water partition coefficient (Wildman–Crippen LogP) is 3.62. The van der Waals surface area contributed by atoms with Crippen molar-refractivity contribution in [1.29, 1.82) is 0 Å². The van der Waals surface area contributed by atoms with Gasteiger partial charge in [0.05, 0.1) is 10.7 Å². The van der Waals surface area contributed by atoms with E-state index in [0.29, 0.717) is 17.1 Å². The Morgan fingerprint density at radius 2 is 1.85 bits per heavy atom. The number of carbonyl (C=O) groups excluding carboxylic acids is 1. The lowest BCUT2D eigenvalue weighted by atomic mass is 10.1. The molecule has 0 atom stereocenters. The lowest BCUT2D eigenvalue weighted by Gasteiger charge is -2.10. The zero-order chi connectivity index (χ0) is 14.5. The fraction of sp³-hybridized carbons (Fsp3) is 0.188. The number of nitrogens with one attached hydrogen (secondary N) is 2. The van der Waals surface area contributed by atoms with Gasteiger partial charge in [-0.15, -0.1) is 0 Å². The molecule has 0 spiro atoms. The first kappa shape index (κ1) is 14.4. The highest BCUT2D eigenvalue weighted by atomic mass is 35.5. The minimum absolute atomic E-state index is 0.125. The molecule has 0 bridgehead atoms. The molecule has 0 aliphatic carbocycles. The molecule has 1 amide bonds. The second-order valence-electron chi connectivity index (χ2n) is 4.61. The van der Waals surface area contributed by atoms with Crippen LogP contribution in [-0.4, -0.2) is 13.0 Å². The van der Waals surface area contributed by atoms with Crippen LogP contribution in [0.4, 0.5) is 5.69 Å². The van der Waals surface area contributed by atoms with E-state index < -0.39 is 0 Å². The van der Waals surface area contributed by atoms with Gasteiger partial charge < -0.3 is 10.6 Å². The van der Waals surface area contributed by atoms with Crippen molar-refractivity contribution < 1.29 is 4.79 Å². The Hall–Kier alpha value is -2.00. The number of anilines is 1. The topological polar surface area (TPSA) is 41.1 Å². The summed E-state index contributed by atoms with van der Waals surface area (Å²) in [7, 11) is 1.61. The number of benzene rings is 2.